The molecule has 0 unspecified atom stereocenters. The van der Waals surface area contributed by atoms with Crippen molar-refractivity contribution in [2.24, 2.45) is 5.92 Å². The number of amides is 1. The molecule has 1 aromatic carbocycles. The lowest BCUT2D eigenvalue weighted by Crippen LogP contribution is -2.16. The Hall–Kier alpha value is -2.14. The van der Waals surface area contributed by atoms with Crippen LogP contribution in [0.3, 0.4) is 0 Å². The van der Waals surface area contributed by atoms with Gasteiger partial charge in [0.1, 0.15) is 5.82 Å². The van der Waals surface area contributed by atoms with Gasteiger partial charge in [0, 0.05) is 6.54 Å². The van der Waals surface area contributed by atoms with E-state index >= 15 is 0 Å². The van der Waals surface area contributed by atoms with Crippen LogP contribution in [0, 0.1) is 19.8 Å². The topological polar surface area (TPSA) is 66.9 Å². The minimum absolute atomic E-state index is 0.246. The highest BCUT2D eigenvalue weighted by Crippen LogP contribution is 2.27. The van der Waals surface area contributed by atoms with Crippen molar-refractivity contribution in [2.45, 2.75) is 27.7 Å². The second-order valence-electron chi connectivity index (χ2n) is 5.97. The van der Waals surface area contributed by atoms with Crippen LogP contribution >= 0.6 is 11.6 Å². The van der Waals surface area contributed by atoms with Crippen LogP contribution in [-0.4, -0.2) is 22.6 Å². The van der Waals surface area contributed by atoms with Crippen molar-refractivity contribution in [1.82, 2.24) is 10.2 Å². The predicted molar refractivity (Wildman–Crippen MR) is 94.2 cm³/mol. The number of benzene rings is 1. The fraction of sp³-hybridized carbons (Fsp3) is 0.353. The van der Waals surface area contributed by atoms with Crippen molar-refractivity contribution in [3.8, 4) is 0 Å². The second kappa shape index (κ2) is 7.42. The van der Waals surface area contributed by atoms with Gasteiger partial charge in [-0.1, -0.05) is 31.5 Å². The normalized spacial score (nSPS) is 10.7. The highest BCUT2D eigenvalue weighted by Gasteiger charge is 2.13. The van der Waals surface area contributed by atoms with E-state index in [0.717, 1.165) is 17.7 Å². The summed E-state index contributed by atoms with van der Waals surface area (Å²) in [6, 6.07) is 7.16. The number of aryl methyl sites for hydroxylation is 2. The Morgan fingerprint density at radius 1 is 1.22 bits per heavy atom. The Balaban J connectivity index is 2.09. The lowest BCUT2D eigenvalue weighted by Gasteiger charge is -2.11. The first-order chi connectivity index (χ1) is 10.9. The molecule has 0 aliphatic heterocycles. The van der Waals surface area contributed by atoms with Gasteiger partial charge in [0.05, 0.1) is 10.7 Å². The largest absolute Gasteiger partial charge is 0.368 e. The van der Waals surface area contributed by atoms with Gasteiger partial charge >= 0.3 is 0 Å². The third-order valence-corrected chi connectivity index (χ3v) is 3.56. The number of rotatable bonds is 5. The highest BCUT2D eigenvalue weighted by molar-refractivity contribution is 6.34. The Kier molecular flexibility index (Phi) is 5.55. The Labute approximate surface area is 141 Å². The zero-order chi connectivity index (χ0) is 17.0. The van der Waals surface area contributed by atoms with Crippen LogP contribution in [0.4, 0.5) is 11.5 Å². The van der Waals surface area contributed by atoms with Crippen LogP contribution in [-0.2, 0) is 0 Å². The summed E-state index contributed by atoms with van der Waals surface area (Å²) in [5.74, 6) is 0.827. The molecule has 5 nitrogen and oxygen atoms in total. The molecule has 2 N–H and O–H groups in total. The zero-order valence-corrected chi connectivity index (χ0v) is 14.5. The molecule has 0 fully saturated rings. The number of carbonyl (C=O) groups excluding carboxylic acids is 1. The molecule has 1 amide bonds. The van der Waals surface area contributed by atoms with E-state index < -0.39 is 0 Å². The van der Waals surface area contributed by atoms with Crippen LogP contribution in [0.25, 0.3) is 0 Å². The molecule has 0 saturated carbocycles. The third kappa shape index (κ3) is 4.66. The summed E-state index contributed by atoms with van der Waals surface area (Å²) in [6.45, 7) is 8.88. The van der Waals surface area contributed by atoms with E-state index in [-0.39, 0.29) is 11.6 Å². The number of halogens is 1. The van der Waals surface area contributed by atoms with Gasteiger partial charge in [-0.25, -0.2) is 0 Å². The van der Waals surface area contributed by atoms with Crippen molar-refractivity contribution in [3.63, 3.8) is 0 Å². The van der Waals surface area contributed by atoms with Gasteiger partial charge in [0.2, 0.25) is 0 Å². The quantitative estimate of drug-likeness (QED) is 0.866. The maximum atomic E-state index is 12.3. The first-order valence-electron chi connectivity index (χ1n) is 7.52. The Bertz CT molecular complexity index is 675. The molecular formula is C17H21ClN4O. The maximum absolute atomic E-state index is 12.3. The minimum Gasteiger partial charge on any atom is -0.368 e. The van der Waals surface area contributed by atoms with E-state index in [1.807, 2.05) is 26.0 Å². The molecular weight excluding hydrogens is 312 g/mol. The third-order valence-electron chi connectivity index (χ3n) is 3.26. The van der Waals surface area contributed by atoms with Gasteiger partial charge < -0.3 is 10.6 Å². The summed E-state index contributed by atoms with van der Waals surface area (Å²) in [4.78, 5) is 12.3. The monoisotopic (exact) mass is 332 g/mol. The van der Waals surface area contributed by atoms with E-state index in [4.69, 9.17) is 11.6 Å². The summed E-state index contributed by atoms with van der Waals surface area (Å²) in [7, 11) is 0. The molecule has 0 aliphatic rings. The zero-order valence-electron chi connectivity index (χ0n) is 13.8. The lowest BCUT2D eigenvalue weighted by atomic mass is 10.1. The van der Waals surface area contributed by atoms with Gasteiger partial charge in [0.15, 0.2) is 5.69 Å². The van der Waals surface area contributed by atoms with Crippen LogP contribution < -0.4 is 10.6 Å². The van der Waals surface area contributed by atoms with Crippen molar-refractivity contribution >= 4 is 29.0 Å². The lowest BCUT2D eigenvalue weighted by molar-refractivity contribution is 0.102. The predicted octanol–water partition coefficient (Wildman–Crippen LogP) is 4.07. The Morgan fingerprint density at radius 3 is 2.52 bits per heavy atom. The standard InChI is InChI=1S/C17H21ClN4O/c1-10(2)9-19-15-6-5-14(21-22-15)17(23)20-16-12(4)7-11(3)8-13(16)18/h5-8,10H,9H2,1-4H3,(H,19,22)(H,20,23). The van der Waals surface area contributed by atoms with Crippen molar-refractivity contribution < 1.29 is 4.79 Å². The smallest absolute Gasteiger partial charge is 0.276 e. The molecule has 0 spiro atoms. The first-order valence-corrected chi connectivity index (χ1v) is 7.90. The van der Waals surface area contributed by atoms with Gasteiger partial charge in [-0.15, -0.1) is 10.2 Å². The number of nitrogens with zero attached hydrogens (tertiary/aromatic N) is 2. The summed E-state index contributed by atoms with van der Waals surface area (Å²) in [5.41, 5.74) is 2.81. The molecule has 23 heavy (non-hydrogen) atoms. The molecule has 122 valence electrons. The summed E-state index contributed by atoms with van der Waals surface area (Å²) < 4.78 is 0. The van der Waals surface area contributed by atoms with Crippen molar-refractivity contribution in [1.29, 1.82) is 0 Å². The average Bonchev–Trinajstić information content (AvgIpc) is 2.49. The SMILES string of the molecule is Cc1cc(C)c(NC(=O)c2ccc(NCC(C)C)nn2)c(Cl)c1. The number of nitrogens with one attached hydrogen (secondary N) is 2. The summed E-state index contributed by atoms with van der Waals surface area (Å²) in [6.07, 6.45) is 0. The van der Waals surface area contributed by atoms with E-state index in [1.165, 1.54) is 0 Å². The minimum atomic E-state index is -0.332. The van der Waals surface area contributed by atoms with Gasteiger partial charge in [0.25, 0.3) is 5.91 Å². The fourth-order valence-electron chi connectivity index (χ4n) is 2.11. The summed E-state index contributed by atoms with van der Waals surface area (Å²) >= 11 is 6.20. The van der Waals surface area contributed by atoms with Gasteiger partial charge in [-0.05, 0) is 49.1 Å². The fourth-order valence-corrected chi connectivity index (χ4v) is 2.48. The molecule has 0 saturated heterocycles. The molecule has 1 aromatic heterocycles. The maximum Gasteiger partial charge on any atom is 0.276 e. The molecule has 6 heteroatoms. The average molecular weight is 333 g/mol. The molecule has 0 aliphatic carbocycles. The van der Waals surface area contributed by atoms with Crippen LogP contribution in [0.15, 0.2) is 24.3 Å². The Morgan fingerprint density at radius 2 is 1.96 bits per heavy atom. The van der Waals surface area contributed by atoms with E-state index in [9.17, 15) is 4.79 Å². The first kappa shape index (κ1) is 17.2. The molecule has 0 radical (unpaired) electrons. The van der Waals surface area contributed by atoms with E-state index in [1.54, 1.807) is 12.1 Å². The molecule has 0 atom stereocenters. The van der Waals surface area contributed by atoms with Crippen LogP contribution in [0.1, 0.15) is 35.5 Å². The van der Waals surface area contributed by atoms with Crippen LogP contribution in [0.5, 0.6) is 0 Å². The summed E-state index contributed by atoms with van der Waals surface area (Å²) in [5, 5.41) is 14.4. The number of aromatic nitrogens is 2. The van der Waals surface area contributed by atoms with Crippen LogP contribution in [0.2, 0.25) is 5.02 Å². The molecule has 2 aromatic rings. The molecule has 0 bridgehead atoms. The van der Waals surface area contributed by atoms with Gasteiger partial charge in [-0.2, -0.15) is 0 Å². The van der Waals surface area contributed by atoms with E-state index in [0.29, 0.717) is 22.4 Å². The number of hydrogen-bond donors (Lipinski definition) is 2. The number of anilines is 2. The van der Waals surface area contributed by atoms with E-state index in [2.05, 4.69) is 34.7 Å². The molecule has 1 heterocycles. The molecule has 2 rings (SSSR count). The number of carbonyl (C=O) groups is 1. The van der Waals surface area contributed by atoms with Gasteiger partial charge in [-0.3, -0.25) is 4.79 Å². The highest BCUT2D eigenvalue weighted by atomic mass is 35.5. The van der Waals surface area contributed by atoms with Crippen molar-refractivity contribution in [3.05, 3.63) is 46.1 Å². The van der Waals surface area contributed by atoms with Crippen molar-refractivity contribution in [2.75, 3.05) is 17.2 Å². The number of hydrogen-bond acceptors (Lipinski definition) is 4. The second-order valence-corrected chi connectivity index (χ2v) is 6.38.